The van der Waals surface area contributed by atoms with E-state index in [1.54, 1.807) is 42.5 Å². The molecule has 0 aromatic heterocycles. The van der Waals surface area contributed by atoms with Crippen LogP contribution in [0.1, 0.15) is 31.8 Å². The molecule has 0 spiro atoms. The highest BCUT2D eigenvalue weighted by Crippen LogP contribution is 2.21. The molecule has 0 unspecified atom stereocenters. The van der Waals surface area contributed by atoms with Crippen LogP contribution in [0.4, 0.5) is 0 Å². The molecule has 0 heterocycles. The summed E-state index contributed by atoms with van der Waals surface area (Å²) in [6, 6.07) is 12.1. The summed E-state index contributed by atoms with van der Waals surface area (Å²) in [6.45, 7) is 4.01. The molecule has 0 aliphatic heterocycles. The molecule has 0 bridgehead atoms. The average Bonchev–Trinajstić information content (AvgIpc) is 2.76. The van der Waals surface area contributed by atoms with Gasteiger partial charge in [-0.15, -0.1) is 0 Å². The van der Waals surface area contributed by atoms with Crippen LogP contribution < -0.4 is 15.4 Å². The summed E-state index contributed by atoms with van der Waals surface area (Å²) in [4.78, 5) is 35.6. The molecule has 0 saturated heterocycles. The number of carbonyl (C=O) groups is 3. The third kappa shape index (κ3) is 5.93. The first-order chi connectivity index (χ1) is 14.0. The topological polar surface area (TPSA) is 93.7 Å². The normalized spacial score (nSPS) is 10.0. The SMILES string of the molecule is C=CC(=O)NCc1ccccc1C(=O)NCCc1ccc(C(=O)OC)cc1OC. The lowest BCUT2D eigenvalue weighted by Crippen LogP contribution is -2.28. The first-order valence-corrected chi connectivity index (χ1v) is 9.01. The smallest absolute Gasteiger partial charge is 0.337 e. The molecular weight excluding hydrogens is 372 g/mol. The highest BCUT2D eigenvalue weighted by atomic mass is 16.5. The number of hydrogen-bond acceptors (Lipinski definition) is 5. The number of nitrogens with one attached hydrogen (secondary N) is 2. The third-order valence-corrected chi connectivity index (χ3v) is 4.29. The average molecular weight is 396 g/mol. The fourth-order valence-electron chi connectivity index (χ4n) is 2.75. The van der Waals surface area contributed by atoms with Crippen LogP contribution in [0.15, 0.2) is 55.1 Å². The van der Waals surface area contributed by atoms with Gasteiger partial charge in [-0.3, -0.25) is 9.59 Å². The zero-order valence-electron chi connectivity index (χ0n) is 16.5. The molecule has 152 valence electrons. The summed E-state index contributed by atoms with van der Waals surface area (Å²) in [7, 11) is 2.84. The Bertz CT molecular complexity index is 908. The molecular formula is C22H24N2O5. The summed E-state index contributed by atoms with van der Waals surface area (Å²) in [5.74, 6) is -0.431. The number of esters is 1. The number of ether oxygens (including phenoxy) is 2. The summed E-state index contributed by atoms with van der Waals surface area (Å²) >= 11 is 0. The van der Waals surface area contributed by atoms with Crippen molar-refractivity contribution in [3.63, 3.8) is 0 Å². The molecule has 0 aliphatic carbocycles. The van der Waals surface area contributed by atoms with Crippen LogP contribution in [0.25, 0.3) is 0 Å². The van der Waals surface area contributed by atoms with E-state index in [1.807, 2.05) is 0 Å². The van der Waals surface area contributed by atoms with E-state index in [-0.39, 0.29) is 18.4 Å². The fourth-order valence-corrected chi connectivity index (χ4v) is 2.75. The summed E-state index contributed by atoms with van der Waals surface area (Å²) < 4.78 is 10.0. The highest BCUT2D eigenvalue weighted by Gasteiger charge is 2.13. The second kappa shape index (κ2) is 10.7. The number of amides is 2. The van der Waals surface area contributed by atoms with Crippen molar-refractivity contribution in [2.24, 2.45) is 0 Å². The molecule has 2 rings (SSSR count). The Kier molecular flexibility index (Phi) is 7.97. The molecule has 29 heavy (non-hydrogen) atoms. The zero-order chi connectivity index (χ0) is 21.2. The van der Waals surface area contributed by atoms with E-state index in [9.17, 15) is 14.4 Å². The monoisotopic (exact) mass is 396 g/mol. The van der Waals surface area contributed by atoms with E-state index < -0.39 is 5.97 Å². The predicted octanol–water partition coefficient (Wildman–Crippen LogP) is 2.26. The van der Waals surface area contributed by atoms with E-state index in [1.165, 1.54) is 20.3 Å². The van der Waals surface area contributed by atoms with Crippen LogP contribution in [0.5, 0.6) is 5.75 Å². The minimum atomic E-state index is -0.441. The van der Waals surface area contributed by atoms with Crippen molar-refractivity contribution in [1.29, 1.82) is 0 Å². The Labute approximate surface area is 169 Å². The summed E-state index contributed by atoms with van der Waals surface area (Å²) in [6.07, 6.45) is 1.70. The van der Waals surface area contributed by atoms with Gasteiger partial charge in [-0.1, -0.05) is 30.8 Å². The molecule has 0 saturated carbocycles. The third-order valence-electron chi connectivity index (χ3n) is 4.29. The van der Waals surface area contributed by atoms with Crippen LogP contribution in [-0.2, 0) is 22.5 Å². The highest BCUT2D eigenvalue weighted by molar-refractivity contribution is 5.96. The van der Waals surface area contributed by atoms with Gasteiger partial charge in [0.1, 0.15) is 5.75 Å². The first kappa shape index (κ1) is 21.7. The number of benzene rings is 2. The molecule has 7 heteroatoms. The quantitative estimate of drug-likeness (QED) is 0.501. The molecule has 0 atom stereocenters. The lowest BCUT2D eigenvalue weighted by molar-refractivity contribution is -0.116. The summed E-state index contributed by atoms with van der Waals surface area (Å²) in [5, 5.41) is 5.54. The molecule has 2 aromatic rings. The number of rotatable bonds is 9. The lowest BCUT2D eigenvalue weighted by Gasteiger charge is -2.12. The molecule has 2 N–H and O–H groups in total. The van der Waals surface area contributed by atoms with Gasteiger partial charge in [-0.25, -0.2) is 4.79 Å². The zero-order valence-corrected chi connectivity index (χ0v) is 16.5. The van der Waals surface area contributed by atoms with E-state index in [2.05, 4.69) is 17.2 Å². The lowest BCUT2D eigenvalue weighted by atomic mass is 10.1. The second-order valence-corrected chi connectivity index (χ2v) is 6.10. The van der Waals surface area contributed by atoms with Crippen molar-refractivity contribution in [2.75, 3.05) is 20.8 Å². The van der Waals surface area contributed by atoms with Crippen LogP contribution in [0.2, 0.25) is 0 Å². The Morgan fingerprint density at radius 2 is 1.79 bits per heavy atom. The van der Waals surface area contributed by atoms with E-state index in [0.29, 0.717) is 35.4 Å². The van der Waals surface area contributed by atoms with Crippen molar-refractivity contribution in [2.45, 2.75) is 13.0 Å². The number of carbonyl (C=O) groups excluding carboxylic acids is 3. The maximum Gasteiger partial charge on any atom is 0.337 e. The van der Waals surface area contributed by atoms with Gasteiger partial charge in [-0.05, 0) is 41.8 Å². The van der Waals surface area contributed by atoms with Crippen molar-refractivity contribution < 1.29 is 23.9 Å². The van der Waals surface area contributed by atoms with Crippen molar-refractivity contribution in [3.8, 4) is 5.75 Å². The minimum Gasteiger partial charge on any atom is -0.496 e. The largest absolute Gasteiger partial charge is 0.496 e. The molecule has 0 radical (unpaired) electrons. The Morgan fingerprint density at radius 1 is 1.03 bits per heavy atom. The Morgan fingerprint density at radius 3 is 2.48 bits per heavy atom. The van der Waals surface area contributed by atoms with E-state index in [0.717, 1.165) is 5.56 Å². The molecule has 0 fully saturated rings. The van der Waals surface area contributed by atoms with Gasteiger partial charge in [0.2, 0.25) is 5.91 Å². The molecule has 0 aliphatic rings. The van der Waals surface area contributed by atoms with E-state index >= 15 is 0 Å². The van der Waals surface area contributed by atoms with Crippen molar-refractivity contribution in [1.82, 2.24) is 10.6 Å². The van der Waals surface area contributed by atoms with E-state index in [4.69, 9.17) is 9.47 Å². The maximum atomic E-state index is 12.6. The summed E-state index contributed by atoms with van der Waals surface area (Å²) in [5.41, 5.74) is 2.45. The molecule has 7 nitrogen and oxygen atoms in total. The van der Waals surface area contributed by atoms with Crippen LogP contribution in [-0.4, -0.2) is 38.5 Å². The van der Waals surface area contributed by atoms with Gasteiger partial charge < -0.3 is 20.1 Å². The van der Waals surface area contributed by atoms with Gasteiger partial charge >= 0.3 is 5.97 Å². The second-order valence-electron chi connectivity index (χ2n) is 6.10. The van der Waals surface area contributed by atoms with Crippen molar-refractivity contribution >= 4 is 17.8 Å². The first-order valence-electron chi connectivity index (χ1n) is 9.01. The molecule has 2 amide bonds. The number of hydrogen-bond donors (Lipinski definition) is 2. The van der Waals surface area contributed by atoms with Gasteiger partial charge in [0, 0.05) is 18.7 Å². The van der Waals surface area contributed by atoms with Gasteiger partial charge in [0.05, 0.1) is 19.8 Å². The van der Waals surface area contributed by atoms with Crippen LogP contribution in [0.3, 0.4) is 0 Å². The minimum absolute atomic E-state index is 0.233. The van der Waals surface area contributed by atoms with Gasteiger partial charge in [0.25, 0.3) is 5.91 Å². The van der Waals surface area contributed by atoms with Gasteiger partial charge in [-0.2, -0.15) is 0 Å². The molecule has 2 aromatic carbocycles. The van der Waals surface area contributed by atoms with Crippen LogP contribution >= 0.6 is 0 Å². The number of methoxy groups -OCH3 is 2. The van der Waals surface area contributed by atoms with Crippen molar-refractivity contribution in [3.05, 3.63) is 77.4 Å². The van der Waals surface area contributed by atoms with Gasteiger partial charge in [0.15, 0.2) is 0 Å². The predicted molar refractivity (Wildman–Crippen MR) is 109 cm³/mol. The Balaban J connectivity index is 2.01. The fraction of sp³-hybridized carbons (Fsp3) is 0.227. The maximum absolute atomic E-state index is 12.6. The standard InChI is InChI=1S/C22H24N2O5/c1-4-20(25)24-14-17-7-5-6-8-18(17)21(26)23-12-11-15-9-10-16(22(27)29-3)13-19(15)28-2/h4-10,13H,1,11-12,14H2,2-3H3,(H,23,26)(H,24,25). The van der Waals surface area contributed by atoms with Crippen LogP contribution in [0, 0.1) is 0 Å². The Hall–Kier alpha value is -3.61.